The van der Waals surface area contributed by atoms with Crippen LogP contribution in [0.2, 0.25) is 0 Å². The lowest BCUT2D eigenvalue weighted by atomic mass is 10.1. The van der Waals surface area contributed by atoms with Crippen LogP contribution in [0.4, 0.5) is 5.69 Å². The standard InChI is InChI=1S/C15H17N3O3S/c1-16-22(20,21)14-5-2-12(3-6-14)4-7-15(19)18-13-8-10-17-11-9-13/h2-3,5-6,8-11,16H,4,7H2,1H3,(H,17,18,19). The van der Waals surface area contributed by atoms with E-state index in [0.717, 1.165) is 5.56 Å². The summed E-state index contributed by atoms with van der Waals surface area (Å²) in [4.78, 5) is 15.9. The first kappa shape index (κ1) is 16.1. The number of aromatic nitrogens is 1. The summed E-state index contributed by atoms with van der Waals surface area (Å²) >= 11 is 0. The van der Waals surface area contributed by atoms with Gasteiger partial charge in [0.25, 0.3) is 0 Å². The summed E-state index contributed by atoms with van der Waals surface area (Å²) in [5.74, 6) is -0.0990. The van der Waals surface area contributed by atoms with E-state index in [1.807, 2.05) is 0 Å². The number of sulfonamides is 1. The van der Waals surface area contributed by atoms with Crippen molar-refractivity contribution in [2.75, 3.05) is 12.4 Å². The SMILES string of the molecule is CNS(=O)(=O)c1ccc(CCC(=O)Nc2ccncc2)cc1. The predicted molar refractivity (Wildman–Crippen MR) is 83.9 cm³/mol. The summed E-state index contributed by atoms with van der Waals surface area (Å²) in [6.45, 7) is 0. The molecule has 0 unspecified atom stereocenters. The number of carbonyl (C=O) groups is 1. The van der Waals surface area contributed by atoms with Crippen LogP contribution in [0.25, 0.3) is 0 Å². The zero-order valence-electron chi connectivity index (χ0n) is 12.1. The van der Waals surface area contributed by atoms with Gasteiger partial charge in [-0.2, -0.15) is 0 Å². The molecule has 22 heavy (non-hydrogen) atoms. The van der Waals surface area contributed by atoms with Crippen molar-refractivity contribution in [1.29, 1.82) is 0 Å². The van der Waals surface area contributed by atoms with Crippen molar-refractivity contribution in [1.82, 2.24) is 9.71 Å². The van der Waals surface area contributed by atoms with E-state index < -0.39 is 10.0 Å². The lowest BCUT2D eigenvalue weighted by molar-refractivity contribution is -0.116. The van der Waals surface area contributed by atoms with Gasteiger partial charge >= 0.3 is 0 Å². The third-order valence-electron chi connectivity index (χ3n) is 3.11. The van der Waals surface area contributed by atoms with Gasteiger partial charge in [0.05, 0.1) is 4.90 Å². The first-order valence-electron chi connectivity index (χ1n) is 6.73. The summed E-state index contributed by atoms with van der Waals surface area (Å²) in [5.41, 5.74) is 1.61. The highest BCUT2D eigenvalue weighted by molar-refractivity contribution is 7.89. The molecule has 1 amide bonds. The monoisotopic (exact) mass is 319 g/mol. The zero-order chi connectivity index (χ0) is 16.0. The summed E-state index contributed by atoms with van der Waals surface area (Å²) in [6, 6.07) is 9.92. The quantitative estimate of drug-likeness (QED) is 0.846. The van der Waals surface area contributed by atoms with Crippen molar-refractivity contribution in [2.24, 2.45) is 0 Å². The second-order valence-corrected chi connectivity index (χ2v) is 6.52. The van der Waals surface area contributed by atoms with Crippen molar-refractivity contribution < 1.29 is 13.2 Å². The van der Waals surface area contributed by atoms with Gasteiger partial charge in [-0.15, -0.1) is 0 Å². The van der Waals surface area contributed by atoms with Crippen LogP contribution in [0.15, 0.2) is 53.7 Å². The van der Waals surface area contributed by atoms with Gasteiger partial charge in [0.15, 0.2) is 0 Å². The average molecular weight is 319 g/mol. The highest BCUT2D eigenvalue weighted by Crippen LogP contribution is 2.12. The molecule has 0 saturated carbocycles. The van der Waals surface area contributed by atoms with Gasteiger partial charge in [-0.1, -0.05) is 12.1 Å². The van der Waals surface area contributed by atoms with Gasteiger partial charge in [0, 0.05) is 24.5 Å². The van der Waals surface area contributed by atoms with Gasteiger partial charge < -0.3 is 5.32 Å². The Morgan fingerprint density at radius 1 is 1.09 bits per heavy atom. The highest BCUT2D eigenvalue weighted by atomic mass is 32.2. The zero-order valence-corrected chi connectivity index (χ0v) is 12.9. The Morgan fingerprint density at radius 2 is 1.73 bits per heavy atom. The van der Waals surface area contributed by atoms with Crippen molar-refractivity contribution in [2.45, 2.75) is 17.7 Å². The van der Waals surface area contributed by atoms with Crippen LogP contribution in [0, 0.1) is 0 Å². The van der Waals surface area contributed by atoms with Crippen LogP contribution in [-0.2, 0) is 21.2 Å². The Labute approximate surface area is 129 Å². The molecule has 1 aromatic heterocycles. The molecule has 2 N–H and O–H groups in total. The molecule has 116 valence electrons. The van der Waals surface area contributed by atoms with Crippen LogP contribution in [0.3, 0.4) is 0 Å². The third kappa shape index (κ3) is 4.37. The molecule has 1 aromatic carbocycles. The number of nitrogens with one attached hydrogen (secondary N) is 2. The van der Waals surface area contributed by atoms with Crippen LogP contribution in [-0.4, -0.2) is 26.4 Å². The van der Waals surface area contributed by atoms with Gasteiger partial charge in [0.1, 0.15) is 0 Å². The van der Waals surface area contributed by atoms with Crippen LogP contribution in [0.5, 0.6) is 0 Å². The number of amides is 1. The Bertz CT molecular complexity index is 728. The van der Waals surface area contributed by atoms with E-state index in [4.69, 9.17) is 0 Å². The lowest BCUT2D eigenvalue weighted by Crippen LogP contribution is -2.18. The molecule has 0 saturated heterocycles. The van der Waals surface area contributed by atoms with E-state index >= 15 is 0 Å². The lowest BCUT2D eigenvalue weighted by Gasteiger charge is -2.06. The number of hydrogen-bond donors (Lipinski definition) is 2. The molecule has 0 aliphatic carbocycles. The molecule has 1 heterocycles. The molecule has 6 nitrogen and oxygen atoms in total. The van der Waals surface area contributed by atoms with E-state index in [1.54, 1.807) is 36.7 Å². The maximum Gasteiger partial charge on any atom is 0.240 e. The number of pyridine rings is 1. The first-order valence-corrected chi connectivity index (χ1v) is 8.22. The van der Waals surface area contributed by atoms with Crippen LogP contribution >= 0.6 is 0 Å². The fraction of sp³-hybridized carbons (Fsp3) is 0.200. The minimum absolute atomic E-state index is 0.0990. The van der Waals surface area contributed by atoms with Crippen molar-refractivity contribution in [3.8, 4) is 0 Å². The summed E-state index contributed by atoms with van der Waals surface area (Å²) < 4.78 is 25.5. The van der Waals surface area contributed by atoms with Gasteiger partial charge in [-0.25, -0.2) is 13.1 Å². The summed E-state index contributed by atoms with van der Waals surface area (Å²) in [6.07, 6.45) is 4.07. The van der Waals surface area contributed by atoms with Crippen LogP contribution in [0.1, 0.15) is 12.0 Å². The van der Waals surface area contributed by atoms with E-state index in [-0.39, 0.29) is 10.8 Å². The summed E-state index contributed by atoms with van der Waals surface area (Å²) in [5, 5.41) is 2.77. The van der Waals surface area contributed by atoms with Gasteiger partial charge in [-0.05, 0) is 43.3 Å². The average Bonchev–Trinajstić information content (AvgIpc) is 2.54. The number of rotatable bonds is 6. The largest absolute Gasteiger partial charge is 0.326 e. The van der Waals surface area contributed by atoms with Gasteiger partial charge in [-0.3, -0.25) is 9.78 Å². The highest BCUT2D eigenvalue weighted by Gasteiger charge is 2.10. The van der Waals surface area contributed by atoms with E-state index in [1.165, 1.54) is 19.2 Å². The van der Waals surface area contributed by atoms with E-state index in [2.05, 4.69) is 15.0 Å². The molecular formula is C15H17N3O3S. The molecular weight excluding hydrogens is 302 g/mol. The number of nitrogens with zero attached hydrogens (tertiary/aromatic N) is 1. The molecule has 0 spiro atoms. The van der Waals surface area contributed by atoms with Crippen LogP contribution < -0.4 is 10.0 Å². The smallest absolute Gasteiger partial charge is 0.240 e. The van der Waals surface area contributed by atoms with Gasteiger partial charge in [0.2, 0.25) is 15.9 Å². The Hall–Kier alpha value is -2.25. The maximum atomic E-state index is 11.8. The number of benzene rings is 1. The number of carbonyl (C=O) groups excluding carboxylic acids is 1. The van der Waals surface area contributed by atoms with Crippen molar-refractivity contribution >= 4 is 21.6 Å². The van der Waals surface area contributed by atoms with E-state index in [0.29, 0.717) is 18.5 Å². The molecule has 2 rings (SSSR count). The molecule has 2 aromatic rings. The minimum atomic E-state index is -3.42. The third-order valence-corrected chi connectivity index (χ3v) is 4.54. The van der Waals surface area contributed by atoms with E-state index in [9.17, 15) is 13.2 Å². The second kappa shape index (κ2) is 7.15. The summed E-state index contributed by atoms with van der Waals surface area (Å²) in [7, 11) is -2.05. The molecule has 0 fully saturated rings. The first-order chi connectivity index (χ1) is 10.5. The Morgan fingerprint density at radius 3 is 2.32 bits per heavy atom. The normalized spacial score (nSPS) is 11.1. The van der Waals surface area contributed by atoms with Crippen molar-refractivity contribution in [3.63, 3.8) is 0 Å². The fourth-order valence-electron chi connectivity index (χ4n) is 1.87. The number of anilines is 1. The Kier molecular flexibility index (Phi) is 5.24. The molecule has 7 heteroatoms. The maximum absolute atomic E-state index is 11.8. The fourth-order valence-corrected chi connectivity index (χ4v) is 2.60. The molecule has 0 bridgehead atoms. The topological polar surface area (TPSA) is 88.2 Å². The second-order valence-electron chi connectivity index (χ2n) is 4.64. The Balaban J connectivity index is 1.91. The molecule has 0 atom stereocenters. The molecule has 0 aliphatic rings. The molecule has 0 radical (unpaired) electrons. The number of hydrogen-bond acceptors (Lipinski definition) is 4. The minimum Gasteiger partial charge on any atom is -0.326 e. The predicted octanol–water partition coefficient (Wildman–Crippen LogP) is 1.56. The van der Waals surface area contributed by atoms with Crippen molar-refractivity contribution in [3.05, 3.63) is 54.4 Å². The number of aryl methyl sites for hydroxylation is 1. The molecule has 0 aliphatic heterocycles.